The van der Waals surface area contributed by atoms with Crippen molar-refractivity contribution >= 4 is 22.8 Å². The van der Waals surface area contributed by atoms with Crippen molar-refractivity contribution in [2.75, 3.05) is 0 Å². The second-order valence-electron chi connectivity index (χ2n) is 12.0. The maximum absolute atomic E-state index is 13.4. The molecule has 3 aromatic carbocycles. The molecule has 4 rings (SSSR count). The van der Waals surface area contributed by atoms with Gasteiger partial charge in [0.25, 0.3) is 5.91 Å². The van der Waals surface area contributed by atoms with Crippen molar-refractivity contribution in [3.63, 3.8) is 0 Å². The Balaban J connectivity index is 1.61. The lowest BCUT2D eigenvalue weighted by Gasteiger charge is -2.21. The summed E-state index contributed by atoms with van der Waals surface area (Å²) in [6.45, 7) is 13.7. The van der Waals surface area contributed by atoms with Gasteiger partial charge >= 0.3 is 5.97 Å². The Morgan fingerprint density at radius 1 is 0.976 bits per heavy atom. The number of hydrogen-bond donors (Lipinski definition) is 2. The molecule has 0 aliphatic rings. The Hall–Kier alpha value is -4.06. The standard InChI is InChI=1S/C36H44N2O4/c1-8-9-12-26-13-10-15-28(19-26)24(4)37-34(39)29-17-18-31-32(25(5)38(23(2)3)33(31)22-29)21-27-14-11-16-30(20-27)42-36(6,7)35(40)41/h10-11,13-20,22-24H,8-9,12,21H2,1-7H3,(H,37,39)(H,40,41)/t24-/m0/s1. The second kappa shape index (κ2) is 12.8. The highest BCUT2D eigenvalue weighted by Crippen LogP contribution is 2.33. The lowest BCUT2D eigenvalue weighted by molar-refractivity contribution is -0.152. The molecule has 0 spiro atoms. The minimum absolute atomic E-state index is 0.0926. The molecule has 0 radical (unpaired) electrons. The van der Waals surface area contributed by atoms with Crippen LogP contribution in [0.25, 0.3) is 10.9 Å². The van der Waals surface area contributed by atoms with E-state index >= 15 is 0 Å². The molecule has 0 aliphatic heterocycles. The number of carboxylic acids is 1. The summed E-state index contributed by atoms with van der Waals surface area (Å²) < 4.78 is 8.07. The van der Waals surface area contributed by atoms with Crippen LogP contribution in [-0.4, -0.2) is 27.2 Å². The van der Waals surface area contributed by atoms with Crippen LogP contribution < -0.4 is 10.1 Å². The van der Waals surface area contributed by atoms with Crippen LogP contribution in [0.1, 0.15) is 105 Å². The number of aryl methyl sites for hydroxylation is 1. The van der Waals surface area contributed by atoms with Gasteiger partial charge in [-0.15, -0.1) is 0 Å². The molecule has 42 heavy (non-hydrogen) atoms. The van der Waals surface area contributed by atoms with E-state index in [2.05, 4.69) is 67.9 Å². The lowest BCUT2D eigenvalue weighted by atomic mass is 10.00. The number of nitrogens with one attached hydrogen (secondary N) is 1. The fourth-order valence-corrected chi connectivity index (χ4v) is 5.56. The molecule has 1 aromatic heterocycles. The van der Waals surface area contributed by atoms with Crippen LogP contribution in [0.2, 0.25) is 0 Å². The largest absolute Gasteiger partial charge is 0.478 e. The number of nitrogens with zero attached hydrogens (tertiary/aromatic N) is 1. The third-order valence-corrected chi connectivity index (χ3v) is 7.94. The highest BCUT2D eigenvalue weighted by Gasteiger charge is 2.29. The van der Waals surface area contributed by atoms with Gasteiger partial charge in [0, 0.05) is 28.2 Å². The Morgan fingerprint density at radius 2 is 1.69 bits per heavy atom. The highest BCUT2D eigenvalue weighted by atomic mass is 16.5. The predicted octanol–water partition coefficient (Wildman–Crippen LogP) is 8.20. The summed E-state index contributed by atoms with van der Waals surface area (Å²) in [6, 6.07) is 22.2. The van der Waals surface area contributed by atoms with Gasteiger partial charge in [-0.2, -0.15) is 0 Å². The summed E-state index contributed by atoms with van der Waals surface area (Å²) in [5.41, 5.74) is 6.10. The highest BCUT2D eigenvalue weighted by molar-refractivity contribution is 5.99. The van der Waals surface area contributed by atoms with Gasteiger partial charge in [0.15, 0.2) is 5.60 Å². The van der Waals surface area contributed by atoms with Gasteiger partial charge in [-0.1, -0.05) is 55.8 Å². The van der Waals surface area contributed by atoms with Crippen molar-refractivity contribution in [2.45, 2.75) is 91.8 Å². The number of carboxylic acid groups (broad SMARTS) is 1. The number of amides is 1. The quantitative estimate of drug-likeness (QED) is 0.181. The zero-order valence-electron chi connectivity index (χ0n) is 26.0. The van der Waals surface area contributed by atoms with E-state index in [1.807, 2.05) is 37.3 Å². The van der Waals surface area contributed by atoms with Crippen molar-refractivity contribution in [3.05, 3.63) is 100 Å². The maximum atomic E-state index is 13.4. The molecule has 0 saturated carbocycles. The summed E-state index contributed by atoms with van der Waals surface area (Å²) >= 11 is 0. The van der Waals surface area contributed by atoms with Gasteiger partial charge in [-0.05, 0) is 107 Å². The van der Waals surface area contributed by atoms with Gasteiger partial charge in [0.2, 0.25) is 0 Å². The van der Waals surface area contributed by atoms with E-state index in [0.29, 0.717) is 17.7 Å². The van der Waals surface area contributed by atoms with Crippen molar-refractivity contribution in [1.82, 2.24) is 9.88 Å². The molecule has 0 bridgehead atoms. The van der Waals surface area contributed by atoms with Gasteiger partial charge in [-0.3, -0.25) is 4.79 Å². The zero-order valence-corrected chi connectivity index (χ0v) is 26.0. The maximum Gasteiger partial charge on any atom is 0.347 e. The summed E-state index contributed by atoms with van der Waals surface area (Å²) in [5.74, 6) is -0.586. The van der Waals surface area contributed by atoms with Gasteiger partial charge in [0.1, 0.15) is 5.75 Å². The lowest BCUT2D eigenvalue weighted by Crippen LogP contribution is -2.37. The number of aromatic nitrogens is 1. The first kappa shape index (κ1) is 30.9. The van der Waals surface area contributed by atoms with Crippen LogP contribution in [0.15, 0.2) is 66.7 Å². The molecular formula is C36H44N2O4. The van der Waals surface area contributed by atoms with E-state index in [-0.39, 0.29) is 18.0 Å². The molecule has 1 atom stereocenters. The summed E-state index contributed by atoms with van der Waals surface area (Å²) in [6.07, 6.45) is 4.02. The average molecular weight is 569 g/mol. The van der Waals surface area contributed by atoms with Crippen LogP contribution >= 0.6 is 0 Å². The Morgan fingerprint density at radius 3 is 2.38 bits per heavy atom. The summed E-state index contributed by atoms with van der Waals surface area (Å²) in [7, 11) is 0. The van der Waals surface area contributed by atoms with Gasteiger partial charge < -0.3 is 19.7 Å². The number of rotatable bonds is 12. The first-order chi connectivity index (χ1) is 19.9. The minimum Gasteiger partial charge on any atom is -0.478 e. The number of aliphatic carboxylic acids is 1. The molecule has 2 N–H and O–H groups in total. The Kier molecular flexibility index (Phi) is 9.45. The van der Waals surface area contributed by atoms with Crippen LogP contribution in [0.5, 0.6) is 5.75 Å². The first-order valence-corrected chi connectivity index (χ1v) is 15.0. The predicted molar refractivity (Wildman–Crippen MR) is 170 cm³/mol. The van der Waals surface area contributed by atoms with Crippen LogP contribution in [0.3, 0.4) is 0 Å². The van der Waals surface area contributed by atoms with Gasteiger partial charge in [-0.25, -0.2) is 4.79 Å². The topological polar surface area (TPSA) is 80.6 Å². The fraction of sp³-hybridized carbons (Fsp3) is 0.389. The molecule has 0 unspecified atom stereocenters. The normalized spacial score (nSPS) is 12.5. The molecule has 222 valence electrons. The zero-order chi connectivity index (χ0) is 30.6. The molecule has 0 saturated heterocycles. The van der Waals surface area contributed by atoms with Crippen molar-refractivity contribution in [1.29, 1.82) is 0 Å². The van der Waals surface area contributed by atoms with Crippen LogP contribution in [0, 0.1) is 6.92 Å². The van der Waals surface area contributed by atoms with Crippen molar-refractivity contribution in [3.8, 4) is 5.75 Å². The smallest absolute Gasteiger partial charge is 0.347 e. The molecule has 1 amide bonds. The molecule has 6 nitrogen and oxygen atoms in total. The van der Waals surface area contributed by atoms with E-state index < -0.39 is 11.6 Å². The third-order valence-electron chi connectivity index (χ3n) is 7.94. The summed E-state index contributed by atoms with van der Waals surface area (Å²) in [4.78, 5) is 25.0. The third kappa shape index (κ3) is 6.87. The Bertz CT molecular complexity index is 1580. The SMILES string of the molecule is CCCCc1cccc([C@H](C)NC(=O)c2ccc3c(Cc4cccc(OC(C)(C)C(=O)O)c4)c(C)n(C(C)C)c3c2)c1. The van der Waals surface area contributed by atoms with Gasteiger partial charge in [0.05, 0.1) is 6.04 Å². The molecular weight excluding hydrogens is 524 g/mol. The molecule has 4 aromatic rings. The monoisotopic (exact) mass is 568 g/mol. The van der Waals surface area contributed by atoms with E-state index in [4.69, 9.17) is 4.74 Å². The van der Waals surface area contributed by atoms with E-state index in [1.54, 1.807) is 19.9 Å². The first-order valence-electron chi connectivity index (χ1n) is 15.0. The minimum atomic E-state index is -1.32. The van der Waals surface area contributed by atoms with Crippen molar-refractivity contribution < 1.29 is 19.4 Å². The Labute approximate surface area is 249 Å². The number of ether oxygens (including phenoxy) is 1. The van der Waals surface area contributed by atoms with Crippen LogP contribution in [0.4, 0.5) is 0 Å². The number of benzene rings is 3. The second-order valence-corrected chi connectivity index (χ2v) is 12.0. The van der Waals surface area contributed by atoms with E-state index in [0.717, 1.165) is 47.0 Å². The molecule has 0 fully saturated rings. The molecule has 1 heterocycles. The van der Waals surface area contributed by atoms with Crippen molar-refractivity contribution in [2.24, 2.45) is 0 Å². The number of carbonyl (C=O) groups excluding carboxylic acids is 1. The molecule has 6 heteroatoms. The van der Waals surface area contributed by atoms with E-state index in [9.17, 15) is 14.7 Å². The number of unbranched alkanes of at least 4 members (excludes halogenated alkanes) is 1. The van der Waals surface area contributed by atoms with E-state index in [1.165, 1.54) is 11.1 Å². The van der Waals surface area contributed by atoms with Crippen LogP contribution in [-0.2, 0) is 17.6 Å². The molecule has 0 aliphatic carbocycles. The number of fused-ring (bicyclic) bond motifs is 1. The fourth-order valence-electron chi connectivity index (χ4n) is 5.56. The average Bonchev–Trinajstić information content (AvgIpc) is 3.22. The summed E-state index contributed by atoms with van der Waals surface area (Å²) in [5, 5.41) is 13.8. The number of hydrogen-bond acceptors (Lipinski definition) is 3. The number of carbonyl (C=O) groups is 2.